The van der Waals surface area contributed by atoms with Crippen molar-refractivity contribution in [3.63, 3.8) is 0 Å². The number of morpholine rings is 1. The molecule has 2 rings (SSSR count). The zero-order valence-corrected chi connectivity index (χ0v) is 12.2. The Hall–Kier alpha value is -2.03. The Labute approximate surface area is 124 Å². The lowest BCUT2D eigenvalue weighted by Gasteiger charge is -2.27. The molecule has 1 fully saturated rings. The number of hydrogen-bond acceptors (Lipinski definition) is 3. The normalized spacial score (nSPS) is 14.3. The van der Waals surface area contributed by atoms with Gasteiger partial charge in [0, 0.05) is 30.8 Å². The van der Waals surface area contributed by atoms with Crippen molar-refractivity contribution >= 4 is 11.7 Å². The van der Waals surface area contributed by atoms with Crippen LogP contribution in [0.15, 0.2) is 18.2 Å². The first kappa shape index (κ1) is 15.4. The van der Waals surface area contributed by atoms with Crippen LogP contribution in [0.25, 0.3) is 0 Å². The van der Waals surface area contributed by atoms with Gasteiger partial charge in [-0.3, -0.25) is 0 Å². The first-order chi connectivity index (χ1) is 10.2. The van der Waals surface area contributed by atoms with Gasteiger partial charge in [-0.25, -0.2) is 4.79 Å². The predicted molar refractivity (Wildman–Crippen MR) is 81.2 cm³/mol. The third-order valence-corrected chi connectivity index (χ3v) is 3.25. The van der Waals surface area contributed by atoms with Gasteiger partial charge >= 0.3 is 6.03 Å². The first-order valence-electron chi connectivity index (χ1n) is 7.05. The maximum absolute atomic E-state index is 12.2. The van der Waals surface area contributed by atoms with E-state index in [0.29, 0.717) is 32.7 Å². The number of aryl methyl sites for hydroxylation is 1. The number of benzene rings is 1. The molecule has 0 aliphatic carbocycles. The summed E-state index contributed by atoms with van der Waals surface area (Å²) in [5.41, 5.74) is 2.58. The quantitative estimate of drug-likeness (QED) is 0.813. The topological polar surface area (TPSA) is 61.8 Å². The second-order valence-electron chi connectivity index (χ2n) is 4.83. The molecule has 0 unspecified atom stereocenters. The lowest BCUT2D eigenvalue weighted by atomic mass is 10.1. The fourth-order valence-corrected chi connectivity index (χ4v) is 2.02. The summed E-state index contributed by atoms with van der Waals surface area (Å²) in [6.45, 7) is 4.39. The van der Waals surface area contributed by atoms with Gasteiger partial charge in [-0.1, -0.05) is 17.9 Å². The van der Waals surface area contributed by atoms with Crippen molar-refractivity contribution in [3.05, 3.63) is 29.3 Å². The Morgan fingerprint density at radius 2 is 2.19 bits per heavy atom. The minimum Gasteiger partial charge on any atom is -0.395 e. The van der Waals surface area contributed by atoms with E-state index < -0.39 is 0 Å². The van der Waals surface area contributed by atoms with Crippen molar-refractivity contribution in [1.82, 2.24) is 4.90 Å². The van der Waals surface area contributed by atoms with Crippen LogP contribution >= 0.6 is 0 Å². The number of amides is 2. The highest BCUT2D eigenvalue weighted by molar-refractivity contribution is 5.90. The number of urea groups is 1. The highest BCUT2D eigenvalue weighted by atomic mass is 16.5. The zero-order valence-electron chi connectivity index (χ0n) is 12.2. The van der Waals surface area contributed by atoms with E-state index in [4.69, 9.17) is 9.84 Å². The summed E-state index contributed by atoms with van der Waals surface area (Å²) in [7, 11) is 0. The van der Waals surface area contributed by atoms with Crippen LogP contribution in [-0.2, 0) is 4.74 Å². The van der Waals surface area contributed by atoms with Crippen LogP contribution in [0.2, 0.25) is 0 Å². The van der Waals surface area contributed by atoms with Crippen molar-refractivity contribution in [2.24, 2.45) is 0 Å². The summed E-state index contributed by atoms with van der Waals surface area (Å²) < 4.78 is 5.24. The van der Waals surface area contributed by atoms with Gasteiger partial charge in [-0.15, -0.1) is 0 Å². The van der Waals surface area contributed by atoms with E-state index in [-0.39, 0.29) is 12.6 Å². The molecule has 1 aromatic carbocycles. The molecular formula is C16H20N2O3. The van der Waals surface area contributed by atoms with Crippen molar-refractivity contribution in [2.45, 2.75) is 13.3 Å². The number of rotatable bonds is 2. The van der Waals surface area contributed by atoms with E-state index in [1.165, 1.54) is 0 Å². The Balaban J connectivity index is 2.06. The minimum atomic E-state index is -0.109. The Morgan fingerprint density at radius 3 is 2.90 bits per heavy atom. The average molecular weight is 288 g/mol. The first-order valence-corrected chi connectivity index (χ1v) is 7.05. The van der Waals surface area contributed by atoms with Crippen molar-refractivity contribution in [2.75, 3.05) is 38.2 Å². The van der Waals surface area contributed by atoms with Crippen LogP contribution in [0.1, 0.15) is 17.5 Å². The van der Waals surface area contributed by atoms with E-state index >= 15 is 0 Å². The van der Waals surface area contributed by atoms with E-state index in [0.717, 1.165) is 16.8 Å². The van der Waals surface area contributed by atoms with Crippen LogP contribution in [0, 0.1) is 18.8 Å². The zero-order chi connectivity index (χ0) is 15.1. The molecule has 5 nitrogen and oxygen atoms in total. The standard InChI is InChI=1S/C16H20N2O3/c1-13-5-6-14(4-2-3-9-19)12-15(13)17-16(20)18-7-10-21-11-8-18/h5-6,12,19H,3,7-11H2,1H3,(H,17,20). The molecule has 0 radical (unpaired) electrons. The molecule has 2 N–H and O–H groups in total. The summed E-state index contributed by atoms with van der Waals surface area (Å²) >= 11 is 0. The van der Waals surface area contributed by atoms with E-state index in [2.05, 4.69) is 17.2 Å². The van der Waals surface area contributed by atoms with E-state index in [1.54, 1.807) is 4.90 Å². The van der Waals surface area contributed by atoms with Crippen molar-refractivity contribution in [1.29, 1.82) is 0 Å². The van der Waals surface area contributed by atoms with Gasteiger partial charge in [0.1, 0.15) is 0 Å². The van der Waals surface area contributed by atoms with E-state index in [9.17, 15) is 4.79 Å². The molecular weight excluding hydrogens is 268 g/mol. The van der Waals surface area contributed by atoms with Gasteiger partial charge in [-0.2, -0.15) is 0 Å². The van der Waals surface area contributed by atoms with Gasteiger partial charge in [0.25, 0.3) is 0 Å². The number of carbonyl (C=O) groups excluding carboxylic acids is 1. The number of hydrogen-bond donors (Lipinski definition) is 2. The molecule has 1 saturated heterocycles. The maximum atomic E-state index is 12.2. The monoisotopic (exact) mass is 288 g/mol. The largest absolute Gasteiger partial charge is 0.395 e. The van der Waals surface area contributed by atoms with Gasteiger partial charge in [-0.05, 0) is 24.6 Å². The summed E-state index contributed by atoms with van der Waals surface area (Å²) in [6.07, 6.45) is 0.448. The lowest BCUT2D eigenvalue weighted by molar-refractivity contribution is 0.0564. The lowest BCUT2D eigenvalue weighted by Crippen LogP contribution is -2.43. The highest BCUT2D eigenvalue weighted by Gasteiger charge is 2.17. The van der Waals surface area contributed by atoms with Gasteiger partial charge < -0.3 is 20.1 Å². The van der Waals surface area contributed by atoms with Crippen LogP contribution < -0.4 is 5.32 Å². The molecule has 2 amide bonds. The Kier molecular flexibility index (Phi) is 5.61. The smallest absolute Gasteiger partial charge is 0.322 e. The number of aliphatic hydroxyl groups excluding tert-OH is 1. The minimum absolute atomic E-state index is 0.0550. The van der Waals surface area contributed by atoms with Crippen molar-refractivity contribution < 1.29 is 14.6 Å². The number of carbonyl (C=O) groups is 1. The molecule has 1 aliphatic rings. The molecule has 21 heavy (non-hydrogen) atoms. The Morgan fingerprint density at radius 1 is 1.43 bits per heavy atom. The maximum Gasteiger partial charge on any atom is 0.322 e. The number of nitrogens with one attached hydrogen (secondary N) is 1. The fourth-order valence-electron chi connectivity index (χ4n) is 2.02. The van der Waals surface area contributed by atoms with Gasteiger partial charge in [0.2, 0.25) is 0 Å². The molecule has 1 aliphatic heterocycles. The van der Waals surface area contributed by atoms with Crippen LogP contribution in [0.4, 0.5) is 10.5 Å². The summed E-state index contributed by atoms with van der Waals surface area (Å²) in [6, 6.07) is 5.59. The molecule has 0 saturated carbocycles. The number of nitrogens with zero attached hydrogens (tertiary/aromatic N) is 1. The average Bonchev–Trinajstić information content (AvgIpc) is 2.51. The highest BCUT2D eigenvalue weighted by Crippen LogP contribution is 2.17. The predicted octanol–water partition coefficient (Wildman–Crippen LogP) is 1.59. The summed E-state index contributed by atoms with van der Waals surface area (Å²) in [5, 5.41) is 11.7. The molecule has 0 spiro atoms. The fraction of sp³-hybridized carbons (Fsp3) is 0.438. The summed E-state index contributed by atoms with van der Waals surface area (Å²) in [4.78, 5) is 13.9. The Bertz CT molecular complexity index is 554. The molecule has 112 valence electrons. The molecule has 1 heterocycles. The molecule has 5 heteroatoms. The SMILES string of the molecule is Cc1ccc(C#CCCO)cc1NC(=O)N1CCOCC1. The third-order valence-electron chi connectivity index (χ3n) is 3.25. The molecule has 0 aromatic heterocycles. The molecule has 0 atom stereocenters. The number of aliphatic hydroxyl groups is 1. The third kappa shape index (κ3) is 4.48. The van der Waals surface area contributed by atoms with Gasteiger partial charge in [0.15, 0.2) is 0 Å². The van der Waals surface area contributed by atoms with Crippen LogP contribution in [0.3, 0.4) is 0 Å². The molecule has 0 bridgehead atoms. The van der Waals surface area contributed by atoms with Gasteiger partial charge in [0.05, 0.1) is 19.8 Å². The number of anilines is 1. The second-order valence-corrected chi connectivity index (χ2v) is 4.83. The van der Waals surface area contributed by atoms with Crippen molar-refractivity contribution in [3.8, 4) is 11.8 Å². The molecule has 1 aromatic rings. The van der Waals surface area contributed by atoms with Crippen LogP contribution in [0.5, 0.6) is 0 Å². The van der Waals surface area contributed by atoms with E-state index in [1.807, 2.05) is 25.1 Å². The number of ether oxygens (including phenoxy) is 1. The second kappa shape index (κ2) is 7.67. The summed E-state index contributed by atoms with van der Waals surface area (Å²) in [5.74, 6) is 5.85. The van der Waals surface area contributed by atoms with Crippen LogP contribution in [-0.4, -0.2) is 48.9 Å².